The van der Waals surface area contributed by atoms with Gasteiger partial charge in [0.15, 0.2) is 0 Å². The Hall–Kier alpha value is -1.11. The number of benzene rings is 1. The van der Waals surface area contributed by atoms with E-state index >= 15 is 0 Å². The van der Waals surface area contributed by atoms with Gasteiger partial charge < -0.3 is 10.4 Å². The van der Waals surface area contributed by atoms with Crippen molar-refractivity contribution in [1.82, 2.24) is 4.72 Å². The number of anilines is 1. The van der Waals surface area contributed by atoms with Crippen molar-refractivity contribution < 1.29 is 13.5 Å². The van der Waals surface area contributed by atoms with Crippen LogP contribution in [-0.2, 0) is 10.0 Å². The van der Waals surface area contributed by atoms with Crippen LogP contribution in [0.2, 0.25) is 0 Å². The minimum Gasteiger partial charge on any atom is -0.396 e. The fraction of sp³-hybridized carbons (Fsp3) is 0.571. The first-order chi connectivity index (χ1) is 9.61. The number of para-hydroxylation sites is 1. The first-order valence-electron chi connectivity index (χ1n) is 7.05. The van der Waals surface area contributed by atoms with Crippen molar-refractivity contribution in [3.8, 4) is 0 Å². The molecule has 0 aliphatic carbocycles. The monoisotopic (exact) mass is 300 g/mol. The summed E-state index contributed by atoms with van der Waals surface area (Å²) >= 11 is 0. The molecule has 0 saturated carbocycles. The number of rotatable bonds is 10. The summed E-state index contributed by atoms with van der Waals surface area (Å²) in [7, 11) is -3.45. The first-order valence-corrected chi connectivity index (χ1v) is 8.53. The molecule has 0 saturated heterocycles. The Kier molecular flexibility index (Phi) is 7.58. The minimum absolute atomic E-state index is 0.200. The van der Waals surface area contributed by atoms with Gasteiger partial charge in [-0.2, -0.15) is 0 Å². The van der Waals surface area contributed by atoms with Gasteiger partial charge in [-0.1, -0.05) is 19.1 Å². The molecule has 3 N–H and O–H groups in total. The maximum Gasteiger partial charge on any atom is 0.242 e. The zero-order valence-corrected chi connectivity index (χ0v) is 12.7. The van der Waals surface area contributed by atoms with Crippen molar-refractivity contribution in [2.24, 2.45) is 0 Å². The highest BCUT2D eigenvalue weighted by molar-refractivity contribution is 7.89. The molecular weight excluding hydrogens is 276 g/mol. The number of hydrogen-bond donors (Lipinski definition) is 3. The maximum absolute atomic E-state index is 12.2. The van der Waals surface area contributed by atoms with E-state index in [1.807, 2.05) is 13.0 Å². The molecule has 0 spiro atoms. The van der Waals surface area contributed by atoms with Crippen LogP contribution in [-0.4, -0.2) is 33.2 Å². The Morgan fingerprint density at radius 3 is 2.55 bits per heavy atom. The van der Waals surface area contributed by atoms with Gasteiger partial charge in [0.25, 0.3) is 0 Å². The fourth-order valence-corrected chi connectivity index (χ4v) is 3.11. The fourth-order valence-electron chi connectivity index (χ4n) is 1.80. The molecule has 0 aliphatic rings. The summed E-state index contributed by atoms with van der Waals surface area (Å²) in [5.74, 6) is 0. The van der Waals surface area contributed by atoms with Crippen LogP contribution in [0.15, 0.2) is 29.2 Å². The van der Waals surface area contributed by atoms with Gasteiger partial charge in [0.05, 0.1) is 5.69 Å². The molecule has 0 amide bonds. The van der Waals surface area contributed by atoms with E-state index in [0.29, 0.717) is 18.8 Å². The van der Waals surface area contributed by atoms with Gasteiger partial charge in [-0.3, -0.25) is 0 Å². The molecule has 1 aromatic carbocycles. The Balaban J connectivity index is 2.68. The molecule has 114 valence electrons. The van der Waals surface area contributed by atoms with Gasteiger partial charge in [0.1, 0.15) is 4.90 Å². The highest BCUT2D eigenvalue weighted by Gasteiger charge is 2.16. The van der Waals surface area contributed by atoms with Crippen molar-refractivity contribution >= 4 is 15.7 Å². The van der Waals surface area contributed by atoms with Gasteiger partial charge in [-0.25, -0.2) is 13.1 Å². The van der Waals surface area contributed by atoms with Crippen LogP contribution in [0.5, 0.6) is 0 Å². The minimum atomic E-state index is -3.45. The normalized spacial score (nSPS) is 11.5. The molecule has 0 aromatic heterocycles. The van der Waals surface area contributed by atoms with Crippen molar-refractivity contribution in [2.75, 3.05) is 25.0 Å². The summed E-state index contributed by atoms with van der Waals surface area (Å²) < 4.78 is 26.9. The summed E-state index contributed by atoms with van der Waals surface area (Å²) in [6, 6.07) is 6.91. The zero-order valence-electron chi connectivity index (χ0n) is 11.9. The summed E-state index contributed by atoms with van der Waals surface area (Å²) in [5, 5.41) is 11.9. The number of hydrogen-bond acceptors (Lipinski definition) is 4. The second-order valence-electron chi connectivity index (χ2n) is 4.60. The predicted octanol–water partition coefficient (Wildman–Crippen LogP) is 1.95. The highest BCUT2D eigenvalue weighted by Crippen LogP contribution is 2.20. The molecule has 1 rings (SSSR count). The molecule has 0 unspecified atom stereocenters. The predicted molar refractivity (Wildman–Crippen MR) is 81.3 cm³/mol. The zero-order chi connectivity index (χ0) is 14.8. The van der Waals surface area contributed by atoms with E-state index in [9.17, 15) is 8.42 Å². The smallest absolute Gasteiger partial charge is 0.242 e. The second kappa shape index (κ2) is 8.94. The molecule has 0 atom stereocenters. The lowest BCUT2D eigenvalue weighted by Gasteiger charge is -2.12. The van der Waals surface area contributed by atoms with Crippen LogP contribution in [0, 0.1) is 0 Å². The van der Waals surface area contributed by atoms with Crippen molar-refractivity contribution in [1.29, 1.82) is 0 Å². The highest BCUT2D eigenvalue weighted by atomic mass is 32.2. The van der Waals surface area contributed by atoms with Gasteiger partial charge >= 0.3 is 0 Å². The van der Waals surface area contributed by atoms with Crippen LogP contribution in [0.4, 0.5) is 5.69 Å². The molecule has 0 fully saturated rings. The average molecular weight is 300 g/mol. The number of aliphatic hydroxyl groups excluding tert-OH is 1. The SMILES string of the molecule is CCCNS(=O)(=O)c1ccccc1NCCCCCO. The topological polar surface area (TPSA) is 78.4 Å². The summed E-state index contributed by atoms with van der Waals surface area (Å²) in [4.78, 5) is 0.288. The average Bonchev–Trinajstić information content (AvgIpc) is 2.45. The lowest BCUT2D eigenvalue weighted by molar-refractivity contribution is 0.283. The van der Waals surface area contributed by atoms with Crippen LogP contribution >= 0.6 is 0 Å². The standard InChI is InChI=1S/C14H24N2O3S/c1-2-10-16-20(18,19)14-9-5-4-8-13(14)15-11-6-3-7-12-17/h4-5,8-9,15-17H,2-3,6-7,10-12H2,1H3. The van der Waals surface area contributed by atoms with Gasteiger partial charge in [0.2, 0.25) is 10.0 Å². The third-order valence-electron chi connectivity index (χ3n) is 2.87. The molecule has 0 aliphatic heterocycles. The Morgan fingerprint density at radius 2 is 1.85 bits per heavy atom. The van der Waals surface area contributed by atoms with Gasteiger partial charge in [0, 0.05) is 19.7 Å². The van der Waals surface area contributed by atoms with Crippen LogP contribution in [0.25, 0.3) is 0 Å². The lowest BCUT2D eigenvalue weighted by atomic mass is 10.2. The van der Waals surface area contributed by atoms with Crippen molar-refractivity contribution in [3.05, 3.63) is 24.3 Å². The largest absolute Gasteiger partial charge is 0.396 e. The Bertz CT molecular complexity index is 489. The van der Waals surface area contributed by atoms with Crippen molar-refractivity contribution in [2.45, 2.75) is 37.5 Å². The van der Waals surface area contributed by atoms with E-state index in [2.05, 4.69) is 10.0 Å². The van der Waals surface area contributed by atoms with E-state index in [1.54, 1.807) is 18.2 Å². The third kappa shape index (κ3) is 5.48. The lowest BCUT2D eigenvalue weighted by Crippen LogP contribution is -2.25. The Labute approximate surface area is 121 Å². The van der Waals surface area contributed by atoms with E-state index in [-0.39, 0.29) is 11.5 Å². The van der Waals surface area contributed by atoms with Gasteiger partial charge in [-0.05, 0) is 37.8 Å². The number of unbranched alkanes of at least 4 members (excludes halogenated alkanes) is 2. The number of sulfonamides is 1. The molecule has 6 heteroatoms. The first kappa shape index (κ1) is 16.9. The molecular formula is C14H24N2O3S. The maximum atomic E-state index is 12.2. The van der Waals surface area contributed by atoms with Gasteiger partial charge in [-0.15, -0.1) is 0 Å². The number of aliphatic hydroxyl groups is 1. The Morgan fingerprint density at radius 1 is 1.10 bits per heavy atom. The van der Waals surface area contributed by atoms with Crippen LogP contribution < -0.4 is 10.0 Å². The third-order valence-corrected chi connectivity index (χ3v) is 4.39. The second-order valence-corrected chi connectivity index (χ2v) is 6.34. The van der Waals surface area contributed by atoms with Crippen LogP contribution in [0.1, 0.15) is 32.6 Å². The van der Waals surface area contributed by atoms with E-state index in [4.69, 9.17) is 5.11 Å². The molecule has 0 radical (unpaired) electrons. The molecule has 0 bridgehead atoms. The molecule has 0 heterocycles. The quantitative estimate of drug-likeness (QED) is 0.577. The molecule has 20 heavy (non-hydrogen) atoms. The molecule has 5 nitrogen and oxygen atoms in total. The molecule has 1 aromatic rings. The summed E-state index contributed by atoms with van der Waals surface area (Å²) in [6.07, 6.45) is 3.36. The van der Waals surface area contributed by atoms with E-state index < -0.39 is 10.0 Å². The van der Waals surface area contributed by atoms with Crippen molar-refractivity contribution in [3.63, 3.8) is 0 Å². The van der Waals surface area contributed by atoms with E-state index in [0.717, 1.165) is 25.7 Å². The van der Waals surface area contributed by atoms with Crippen LogP contribution in [0.3, 0.4) is 0 Å². The summed E-state index contributed by atoms with van der Waals surface area (Å²) in [6.45, 7) is 3.26. The summed E-state index contributed by atoms with van der Waals surface area (Å²) in [5.41, 5.74) is 0.625. The number of nitrogens with one attached hydrogen (secondary N) is 2. The van der Waals surface area contributed by atoms with E-state index in [1.165, 1.54) is 0 Å².